The van der Waals surface area contributed by atoms with Crippen LogP contribution in [0.2, 0.25) is 0 Å². The van der Waals surface area contributed by atoms with Crippen LogP contribution in [0.15, 0.2) is 17.6 Å². The molecule has 0 radical (unpaired) electrons. The average Bonchev–Trinajstić information content (AvgIpc) is 2.46. The fraction of sp³-hybridized carbons (Fsp3) is 0.700. The second kappa shape index (κ2) is 3.81. The highest BCUT2D eigenvalue weighted by Gasteiger charge is 2.38. The highest BCUT2D eigenvalue weighted by molar-refractivity contribution is 5.81. The van der Waals surface area contributed by atoms with E-state index in [4.69, 9.17) is 5.73 Å². The minimum Gasteiger partial charge on any atom is -0.370 e. The molecule has 0 aliphatic carbocycles. The van der Waals surface area contributed by atoms with Gasteiger partial charge in [-0.05, 0) is 12.8 Å². The van der Waals surface area contributed by atoms with Crippen LogP contribution in [-0.2, 0) is 0 Å². The molecular formula is C10H19N3. The lowest BCUT2D eigenvalue weighted by Crippen LogP contribution is -2.50. The van der Waals surface area contributed by atoms with Crippen molar-refractivity contribution >= 4 is 5.96 Å². The Balaban J connectivity index is 2.82. The Labute approximate surface area is 80.3 Å². The van der Waals surface area contributed by atoms with Gasteiger partial charge in [0, 0.05) is 6.54 Å². The van der Waals surface area contributed by atoms with Crippen molar-refractivity contribution in [1.82, 2.24) is 4.90 Å². The molecule has 0 aromatic rings. The summed E-state index contributed by atoms with van der Waals surface area (Å²) >= 11 is 0. The normalized spacial score (nSPS) is 20.2. The molecule has 0 atom stereocenters. The topological polar surface area (TPSA) is 41.6 Å². The molecule has 0 saturated carbocycles. The number of hydrogen-bond donors (Lipinski definition) is 1. The minimum atomic E-state index is 0.151. The van der Waals surface area contributed by atoms with E-state index in [-0.39, 0.29) is 5.54 Å². The second-order valence-electron chi connectivity index (χ2n) is 3.51. The zero-order chi connectivity index (χ0) is 9.90. The number of rotatable bonds is 4. The number of nitrogens with zero attached hydrogens (tertiary/aromatic N) is 2. The van der Waals surface area contributed by atoms with Crippen LogP contribution in [0.25, 0.3) is 0 Å². The summed E-state index contributed by atoms with van der Waals surface area (Å²) in [6, 6.07) is 0. The zero-order valence-corrected chi connectivity index (χ0v) is 8.58. The van der Waals surface area contributed by atoms with Gasteiger partial charge in [0.05, 0.1) is 12.1 Å². The van der Waals surface area contributed by atoms with Gasteiger partial charge in [0.15, 0.2) is 5.96 Å². The van der Waals surface area contributed by atoms with Crippen molar-refractivity contribution in [2.45, 2.75) is 32.2 Å². The monoisotopic (exact) mass is 181 g/mol. The van der Waals surface area contributed by atoms with Gasteiger partial charge >= 0.3 is 0 Å². The Bertz CT molecular complexity index is 216. The lowest BCUT2D eigenvalue weighted by atomic mass is 9.92. The molecule has 1 aliphatic heterocycles. The van der Waals surface area contributed by atoms with E-state index < -0.39 is 0 Å². The molecule has 1 heterocycles. The summed E-state index contributed by atoms with van der Waals surface area (Å²) in [5.41, 5.74) is 5.97. The van der Waals surface area contributed by atoms with E-state index in [2.05, 4.69) is 30.3 Å². The van der Waals surface area contributed by atoms with Gasteiger partial charge in [0.1, 0.15) is 0 Å². The van der Waals surface area contributed by atoms with E-state index in [1.54, 1.807) is 0 Å². The Morgan fingerprint density at radius 1 is 1.62 bits per heavy atom. The molecule has 0 aromatic carbocycles. The van der Waals surface area contributed by atoms with Crippen LogP contribution < -0.4 is 5.73 Å². The summed E-state index contributed by atoms with van der Waals surface area (Å²) in [6.45, 7) is 9.75. The molecule has 3 nitrogen and oxygen atoms in total. The highest BCUT2D eigenvalue weighted by Crippen LogP contribution is 2.28. The van der Waals surface area contributed by atoms with Crippen LogP contribution in [-0.4, -0.2) is 29.5 Å². The first-order chi connectivity index (χ1) is 6.20. The van der Waals surface area contributed by atoms with E-state index in [1.807, 2.05) is 6.08 Å². The van der Waals surface area contributed by atoms with Crippen LogP contribution in [0.4, 0.5) is 0 Å². The van der Waals surface area contributed by atoms with E-state index in [0.717, 1.165) is 25.9 Å². The van der Waals surface area contributed by atoms with Gasteiger partial charge in [-0.25, -0.2) is 0 Å². The summed E-state index contributed by atoms with van der Waals surface area (Å²) in [7, 11) is 0. The molecule has 13 heavy (non-hydrogen) atoms. The van der Waals surface area contributed by atoms with Crippen molar-refractivity contribution < 1.29 is 0 Å². The van der Waals surface area contributed by atoms with E-state index in [0.29, 0.717) is 5.96 Å². The molecule has 0 fully saturated rings. The summed E-state index contributed by atoms with van der Waals surface area (Å²) in [5, 5.41) is 0. The number of hydrogen-bond acceptors (Lipinski definition) is 3. The van der Waals surface area contributed by atoms with Gasteiger partial charge in [-0.2, -0.15) is 0 Å². The van der Waals surface area contributed by atoms with Gasteiger partial charge in [0.2, 0.25) is 0 Å². The lowest BCUT2D eigenvalue weighted by Gasteiger charge is -2.37. The first-order valence-electron chi connectivity index (χ1n) is 4.88. The molecule has 0 spiro atoms. The van der Waals surface area contributed by atoms with E-state index in [1.165, 1.54) is 0 Å². The maximum atomic E-state index is 5.82. The standard InChI is InChI=1S/C10H19N3/c1-4-7-13-9(11)12-8-10(13,5-2)6-3/h4H,1,5-8H2,2-3H3,(H2,11,12). The molecule has 0 bridgehead atoms. The minimum absolute atomic E-state index is 0.151. The third-order valence-electron chi connectivity index (χ3n) is 3.01. The van der Waals surface area contributed by atoms with Crippen LogP contribution in [0, 0.1) is 0 Å². The molecule has 0 amide bonds. The summed E-state index contributed by atoms with van der Waals surface area (Å²) in [5.74, 6) is 0.670. The summed E-state index contributed by atoms with van der Waals surface area (Å²) < 4.78 is 0. The smallest absolute Gasteiger partial charge is 0.192 e. The van der Waals surface area contributed by atoms with Crippen molar-refractivity contribution in [1.29, 1.82) is 0 Å². The first kappa shape index (κ1) is 10.1. The average molecular weight is 181 g/mol. The second-order valence-corrected chi connectivity index (χ2v) is 3.51. The van der Waals surface area contributed by atoms with E-state index >= 15 is 0 Å². The maximum absolute atomic E-state index is 5.82. The van der Waals surface area contributed by atoms with Gasteiger partial charge < -0.3 is 10.6 Å². The fourth-order valence-corrected chi connectivity index (χ4v) is 1.91. The Kier molecular flexibility index (Phi) is 2.96. The van der Waals surface area contributed by atoms with Crippen molar-refractivity contribution in [3.63, 3.8) is 0 Å². The third kappa shape index (κ3) is 1.55. The van der Waals surface area contributed by atoms with Crippen LogP contribution >= 0.6 is 0 Å². The van der Waals surface area contributed by atoms with Crippen LogP contribution in [0.3, 0.4) is 0 Å². The van der Waals surface area contributed by atoms with Crippen molar-refractivity contribution in [3.05, 3.63) is 12.7 Å². The van der Waals surface area contributed by atoms with Crippen LogP contribution in [0.5, 0.6) is 0 Å². The molecular weight excluding hydrogens is 162 g/mol. The number of guanidine groups is 1. The summed E-state index contributed by atoms with van der Waals surface area (Å²) in [6.07, 6.45) is 4.05. The SMILES string of the molecule is C=CCN1C(N)=NCC1(CC)CC. The van der Waals surface area contributed by atoms with Crippen molar-refractivity contribution in [2.75, 3.05) is 13.1 Å². The predicted molar refractivity (Wildman–Crippen MR) is 56.7 cm³/mol. The number of nitrogens with two attached hydrogens (primary N) is 1. The molecule has 74 valence electrons. The molecule has 2 N–H and O–H groups in total. The Morgan fingerprint density at radius 3 is 2.69 bits per heavy atom. The van der Waals surface area contributed by atoms with Gasteiger partial charge in [-0.1, -0.05) is 19.9 Å². The zero-order valence-electron chi connectivity index (χ0n) is 8.58. The quantitative estimate of drug-likeness (QED) is 0.665. The van der Waals surface area contributed by atoms with Crippen LogP contribution in [0.1, 0.15) is 26.7 Å². The molecule has 0 aromatic heterocycles. The molecule has 0 saturated heterocycles. The van der Waals surface area contributed by atoms with E-state index in [9.17, 15) is 0 Å². The van der Waals surface area contributed by atoms with Crippen molar-refractivity contribution in [3.8, 4) is 0 Å². The predicted octanol–water partition coefficient (Wildman–Crippen LogP) is 1.36. The summed E-state index contributed by atoms with van der Waals surface area (Å²) in [4.78, 5) is 6.47. The van der Waals surface area contributed by atoms with Gasteiger partial charge in [-0.3, -0.25) is 4.99 Å². The third-order valence-corrected chi connectivity index (χ3v) is 3.01. The van der Waals surface area contributed by atoms with Gasteiger partial charge in [0.25, 0.3) is 0 Å². The molecule has 1 aliphatic rings. The Morgan fingerprint density at radius 2 is 2.23 bits per heavy atom. The molecule has 0 unspecified atom stereocenters. The van der Waals surface area contributed by atoms with Gasteiger partial charge in [-0.15, -0.1) is 6.58 Å². The fourth-order valence-electron chi connectivity index (χ4n) is 1.91. The largest absolute Gasteiger partial charge is 0.370 e. The number of aliphatic imine (C=N–C) groups is 1. The lowest BCUT2D eigenvalue weighted by molar-refractivity contribution is 0.201. The highest BCUT2D eigenvalue weighted by atomic mass is 15.3. The molecule has 3 heteroatoms. The van der Waals surface area contributed by atoms with Crippen molar-refractivity contribution in [2.24, 2.45) is 10.7 Å². The maximum Gasteiger partial charge on any atom is 0.192 e. The first-order valence-corrected chi connectivity index (χ1v) is 4.88. The Hall–Kier alpha value is -0.990. The molecule has 1 rings (SSSR count).